The fourth-order valence-electron chi connectivity index (χ4n) is 1.41. The van der Waals surface area contributed by atoms with Crippen LogP contribution in [0.15, 0.2) is 17.0 Å². The molecule has 5 nitrogen and oxygen atoms in total. The summed E-state index contributed by atoms with van der Waals surface area (Å²) in [6.07, 6.45) is 0.0794. The van der Waals surface area contributed by atoms with Gasteiger partial charge in [-0.3, -0.25) is 0 Å². The first-order valence-electron chi connectivity index (χ1n) is 4.26. The Kier molecular flexibility index (Phi) is 2.66. The Hall–Kier alpha value is -1.45. The normalized spacial score (nSPS) is 13.5. The molecule has 0 spiro atoms. The second-order valence-corrected chi connectivity index (χ2v) is 5.63. The number of rotatable bonds is 2. The first-order chi connectivity index (χ1) is 7.52. The predicted octanol–water partition coefficient (Wildman–Crippen LogP) is 1.41. The predicted molar refractivity (Wildman–Crippen MR) is 54.9 cm³/mol. The van der Waals surface area contributed by atoms with Gasteiger partial charge in [-0.25, -0.2) is 8.42 Å². The van der Waals surface area contributed by atoms with E-state index in [4.69, 9.17) is 25.4 Å². The molecule has 1 aromatic rings. The molecule has 0 amide bonds. The van der Waals surface area contributed by atoms with Crippen molar-refractivity contribution in [1.29, 1.82) is 5.26 Å². The molecule has 2 rings (SSSR count). The number of hydrogen-bond donors (Lipinski definition) is 0. The van der Waals surface area contributed by atoms with Crippen LogP contribution in [-0.4, -0.2) is 15.2 Å². The monoisotopic (exact) mass is 259 g/mol. The van der Waals surface area contributed by atoms with E-state index in [0.29, 0.717) is 11.3 Å². The van der Waals surface area contributed by atoms with Crippen LogP contribution in [0.2, 0.25) is 0 Å². The van der Waals surface area contributed by atoms with Crippen LogP contribution in [0.25, 0.3) is 0 Å². The lowest BCUT2D eigenvalue weighted by molar-refractivity contribution is 0.172. The molecule has 0 saturated carbocycles. The zero-order valence-corrected chi connectivity index (χ0v) is 9.51. The average molecular weight is 260 g/mol. The van der Waals surface area contributed by atoms with Gasteiger partial charge in [-0.2, -0.15) is 5.26 Å². The van der Waals surface area contributed by atoms with Crippen molar-refractivity contribution in [2.75, 3.05) is 6.79 Å². The standard InChI is InChI=1S/C9H6ClNO4S/c10-16(12,13)8-4-6(1-2-11)3-7-9(8)15-5-14-7/h3-4H,1,5H2. The van der Waals surface area contributed by atoms with E-state index in [1.54, 1.807) is 6.07 Å². The van der Waals surface area contributed by atoms with Crippen LogP contribution in [0.4, 0.5) is 0 Å². The molecule has 84 valence electrons. The van der Waals surface area contributed by atoms with Gasteiger partial charge >= 0.3 is 0 Å². The second-order valence-electron chi connectivity index (χ2n) is 3.10. The van der Waals surface area contributed by atoms with Crippen LogP contribution in [0, 0.1) is 11.3 Å². The van der Waals surface area contributed by atoms with Crippen molar-refractivity contribution in [3.8, 4) is 17.6 Å². The maximum absolute atomic E-state index is 11.3. The fourth-order valence-corrected chi connectivity index (χ4v) is 2.42. The summed E-state index contributed by atoms with van der Waals surface area (Å²) in [5.41, 5.74) is 0.519. The molecule has 16 heavy (non-hydrogen) atoms. The highest BCUT2D eigenvalue weighted by Gasteiger charge is 2.26. The maximum atomic E-state index is 11.3. The number of benzene rings is 1. The molecule has 0 N–H and O–H groups in total. The highest BCUT2D eigenvalue weighted by atomic mass is 35.7. The minimum absolute atomic E-state index is 0.0508. The number of ether oxygens (including phenoxy) is 2. The van der Waals surface area contributed by atoms with Gasteiger partial charge < -0.3 is 9.47 Å². The highest BCUT2D eigenvalue weighted by molar-refractivity contribution is 8.13. The summed E-state index contributed by atoms with van der Waals surface area (Å²) >= 11 is 0. The van der Waals surface area contributed by atoms with Gasteiger partial charge in [-0.1, -0.05) is 0 Å². The summed E-state index contributed by atoms with van der Waals surface area (Å²) in [5, 5.41) is 8.56. The maximum Gasteiger partial charge on any atom is 0.265 e. The molecular weight excluding hydrogens is 254 g/mol. The number of fused-ring (bicyclic) bond motifs is 1. The largest absolute Gasteiger partial charge is 0.454 e. The Balaban J connectivity index is 2.64. The summed E-state index contributed by atoms with van der Waals surface area (Å²) in [7, 11) is 1.36. The number of halogens is 1. The van der Waals surface area contributed by atoms with Crippen LogP contribution >= 0.6 is 10.7 Å². The fraction of sp³-hybridized carbons (Fsp3) is 0.222. The molecule has 0 aliphatic carbocycles. The minimum atomic E-state index is -3.91. The number of nitriles is 1. The Labute approximate surface area is 96.6 Å². The third kappa shape index (κ3) is 1.92. The molecule has 1 heterocycles. The van der Waals surface area contributed by atoms with Gasteiger partial charge in [0, 0.05) is 10.7 Å². The van der Waals surface area contributed by atoms with Gasteiger partial charge in [0.15, 0.2) is 11.5 Å². The molecule has 0 unspecified atom stereocenters. The molecular formula is C9H6ClNO4S. The third-order valence-electron chi connectivity index (χ3n) is 2.04. The van der Waals surface area contributed by atoms with Crippen molar-refractivity contribution in [3.63, 3.8) is 0 Å². The van der Waals surface area contributed by atoms with E-state index in [1.807, 2.05) is 6.07 Å². The summed E-state index contributed by atoms with van der Waals surface area (Å²) in [6.45, 7) is -0.0508. The van der Waals surface area contributed by atoms with E-state index in [0.717, 1.165) is 0 Å². The van der Waals surface area contributed by atoms with Crippen LogP contribution in [0.5, 0.6) is 11.5 Å². The molecule has 0 atom stereocenters. The average Bonchev–Trinajstić information content (AvgIpc) is 2.63. The molecule has 0 bridgehead atoms. The van der Waals surface area contributed by atoms with E-state index in [9.17, 15) is 8.42 Å². The topological polar surface area (TPSA) is 76.4 Å². The summed E-state index contributed by atoms with van der Waals surface area (Å²) in [6, 6.07) is 4.80. The van der Waals surface area contributed by atoms with E-state index >= 15 is 0 Å². The van der Waals surface area contributed by atoms with Gasteiger partial charge in [-0.05, 0) is 17.7 Å². The molecule has 0 saturated heterocycles. The lowest BCUT2D eigenvalue weighted by Crippen LogP contribution is -1.97. The SMILES string of the molecule is N#CCc1cc2c(c(S(=O)(=O)Cl)c1)OCO2. The molecule has 1 aliphatic rings. The first-order valence-corrected chi connectivity index (χ1v) is 6.57. The van der Waals surface area contributed by atoms with Crippen LogP contribution < -0.4 is 9.47 Å². The van der Waals surface area contributed by atoms with E-state index in [-0.39, 0.29) is 23.9 Å². The first kappa shape index (κ1) is 11.0. The van der Waals surface area contributed by atoms with Crippen molar-refractivity contribution >= 4 is 19.7 Å². The smallest absolute Gasteiger partial charge is 0.265 e. The zero-order chi connectivity index (χ0) is 11.8. The lowest BCUT2D eigenvalue weighted by atomic mass is 10.1. The second kappa shape index (κ2) is 3.85. The van der Waals surface area contributed by atoms with Crippen LogP contribution in [0.3, 0.4) is 0 Å². The molecule has 7 heteroatoms. The van der Waals surface area contributed by atoms with E-state index < -0.39 is 9.05 Å². The third-order valence-corrected chi connectivity index (χ3v) is 3.37. The Morgan fingerprint density at radius 2 is 2.19 bits per heavy atom. The van der Waals surface area contributed by atoms with Crippen molar-refractivity contribution in [1.82, 2.24) is 0 Å². The zero-order valence-electron chi connectivity index (χ0n) is 7.94. The number of nitrogens with zero attached hydrogens (tertiary/aromatic N) is 1. The van der Waals surface area contributed by atoms with E-state index in [2.05, 4.69) is 0 Å². The van der Waals surface area contributed by atoms with Crippen molar-refractivity contribution in [2.24, 2.45) is 0 Å². The Morgan fingerprint density at radius 1 is 1.44 bits per heavy atom. The van der Waals surface area contributed by atoms with Crippen molar-refractivity contribution in [2.45, 2.75) is 11.3 Å². The van der Waals surface area contributed by atoms with Crippen LogP contribution in [-0.2, 0) is 15.5 Å². The summed E-state index contributed by atoms with van der Waals surface area (Å²) < 4.78 is 32.7. The molecule has 1 aromatic carbocycles. The molecule has 0 fully saturated rings. The van der Waals surface area contributed by atoms with Gasteiger partial charge in [0.05, 0.1) is 12.5 Å². The van der Waals surface area contributed by atoms with E-state index in [1.165, 1.54) is 6.07 Å². The molecule has 0 radical (unpaired) electrons. The summed E-state index contributed by atoms with van der Waals surface area (Å²) in [5.74, 6) is 0.406. The highest BCUT2D eigenvalue weighted by Crippen LogP contribution is 2.40. The number of hydrogen-bond acceptors (Lipinski definition) is 5. The molecule has 0 aromatic heterocycles. The van der Waals surface area contributed by atoms with Gasteiger partial charge in [0.1, 0.15) is 4.90 Å². The van der Waals surface area contributed by atoms with Crippen LogP contribution in [0.1, 0.15) is 5.56 Å². The lowest BCUT2D eigenvalue weighted by Gasteiger charge is -2.04. The minimum Gasteiger partial charge on any atom is -0.454 e. The van der Waals surface area contributed by atoms with Gasteiger partial charge in [0.25, 0.3) is 9.05 Å². The quantitative estimate of drug-likeness (QED) is 0.751. The Morgan fingerprint density at radius 3 is 2.81 bits per heavy atom. The van der Waals surface area contributed by atoms with Crippen molar-refractivity contribution in [3.05, 3.63) is 17.7 Å². The summed E-state index contributed by atoms with van der Waals surface area (Å²) in [4.78, 5) is -0.158. The van der Waals surface area contributed by atoms with Crippen molar-refractivity contribution < 1.29 is 17.9 Å². The Bertz CT molecular complexity index is 576. The van der Waals surface area contributed by atoms with Gasteiger partial charge in [-0.15, -0.1) is 0 Å². The van der Waals surface area contributed by atoms with Gasteiger partial charge in [0.2, 0.25) is 6.79 Å². The molecule has 1 aliphatic heterocycles.